The molecule has 2 heteroatoms. The Labute approximate surface area is 81.3 Å². The Morgan fingerprint density at radius 3 is 2.77 bits per heavy atom. The van der Waals surface area contributed by atoms with Crippen molar-refractivity contribution in [3.05, 3.63) is 58.9 Å². The highest BCUT2D eigenvalue weighted by molar-refractivity contribution is 7.92. The fraction of sp³-hybridized carbons (Fsp3) is 0.0909. The van der Waals surface area contributed by atoms with Gasteiger partial charge >= 0.3 is 0 Å². The highest BCUT2D eigenvalue weighted by Crippen LogP contribution is 2.25. The lowest BCUT2D eigenvalue weighted by molar-refractivity contribution is 0.692. The monoisotopic (exact) mass is 192 g/mol. The molecule has 1 rings (SSSR count). The first-order valence-corrected chi connectivity index (χ1v) is 5.19. The summed E-state index contributed by atoms with van der Waals surface area (Å²) in [4.78, 5) is 0.782. The van der Waals surface area contributed by atoms with E-state index in [-0.39, 0.29) is 0 Å². The van der Waals surface area contributed by atoms with E-state index in [2.05, 4.69) is 13.2 Å². The standard InChI is InChI=1S/C11H12OS/c1-4-6-11-10(5-2)9(3)7-8-13(11)12/h4-8H,2-3H2,1H3/b6-4-. The molecule has 0 N–H and O–H groups in total. The largest absolute Gasteiger partial charge is 0.250 e. The molecule has 1 nitrogen and oxygen atoms in total. The minimum atomic E-state index is -1.05. The lowest BCUT2D eigenvalue weighted by Crippen LogP contribution is -1.99. The topological polar surface area (TPSA) is 17.1 Å². The summed E-state index contributed by atoms with van der Waals surface area (Å²) in [7, 11) is -1.05. The first-order valence-electron chi connectivity index (χ1n) is 3.98. The molecule has 0 spiro atoms. The Morgan fingerprint density at radius 1 is 1.54 bits per heavy atom. The molecule has 1 heterocycles. The maximum atomic E-state index is 11.5. The molecule has 0 fully saturated rings. The molecule has 0 saturated carbocycles. The van der Waals surface area contributed by atoms with Gasteiger partial charge in [0.25, 0.3) is 0 Å². The summed E-state index contributed by atoms with van der Waals surface area (Å²) in [5.41, 5.74) is 1.74. The Kier molecular flexibility index (Phi) is 3.20. The number of allylic oxidation sites excluding steroid dienone is 6. The Balaban J connectivity index is 3.26. The fourth-order valence-corrected chi connectivity index (χ4v) is 2.25. The highest BCUT2D eigenvalue weighted by atomic mass is 32.2. The SMILES string of the molecule is C=CC1=C(/C=C\C)S(=O)C=CC1=C. The summed E-state index contributed by atoms with van der Waals surface area (Å²) in [6.45, 7) is 9.42. The molecule has 13 heavy (non-hydrogen) atoms. The van der Waals surface area contributed by atoms with Gasteiger partial charge in [0.15, 0.2) is 0 Å². The van der Waals surface area contributed by atoms with Crippen LogP contribution in [-0.4, -0.2) is 4.21 Å². The van der Waals surface area contributed by atoms with Crippen LogP contribution in [0.4, 0.5) is 0 Å². The van der Waals surface area contributed by atoms with E-state index in [1.807, 2.05) is 19.1 Å². The number of rotatable bonds is 2. The molecule has 1 aliphatic heterocycles. The van der Waals surface area contributed by atoms with Crippen LogP contribution in [0.1, 0.15) is 6.92 Å². The van der Waals surface area contributed by atoms with E-state index in [1.54, 1.807) is 17.6 Å². The predicted molar refractivity (Wildman–Crippen MR) is 58.5 cm³/mol. The smallest absolute Gasteiger partial charge is 0.0782 e. The average Bonchev–Trinajstić information content (AvgIpc) is 2.12. The van der Waals surface area contributed by atoms with E-state index in [0.29, 0.717) is 0 Å². The zero-order chi connectivity index (χ0) is 9.84. The molecule has 0 aliphatic carbocycles. The first-order chi connectivity index (χ1) is 6.20. The van der Waals surface area contributed by atoms with Crippen LogP contribution in [0.5, 0.6) is 0 Å². The van der Waals surface area contributed by atoms with Crippen molar-refractivity contribution in [2.24, 2.45) is 0 Å². The minimum Gasteiger partial charge on any atom is -0.250 e. The van der Waals surface area contributed by atoms with Crippen molar-refractivity contribution in [1.29, 1.82) is 0 Å². The molecule has 1 atom stereocenters. The van der Waals surface area contributed by atoms with E-state index in [9.17, 15) is 4.21 Å². The van der Waals surface area contributed by atoms with Gasteiger partial charge in [0.2, 0.25) is 0 Å². The van der Waals surface area contributed by atoms with Crippen LogP contribution in [0.15, 0.2) is 58.9 Å². The third kappa shape index (κ3) is 1.95. The molecule has 0 saturated heterocycles. The van der Waals surface area contributed by atoms with E-state index in [0.717, 1.165) is 16.1 Å². The van der Waals surface area contributed by atoms with Gasteiger partial charge in [0, 0.05) is 5.41 Å². The quantitative estimate of drug-likeness (QED) is 0.657. The van der Waals surface area contributed by atoms with Crippen LogP contribution in [0.3, 0.4) is 0 Å². The van der Waals surface area contributed by atoms with Gasteiger partial charge in [-0.2, -0.15) is 0 Å². The van der Waals surface area contributed by atoms with E-state index in [4.69, 9.17) is 0 Å². The summed E-state index contributed by atoms with van der Waals surface area (Å²) in [6.07, 6.45) is 7.16. The van der Waals surface area contributed by atoms with Crippen molar-refractivity contribution in [3.8, 4) is 0 Å². The van der Waals surface area contributed by atoms with Gasteiger partial charge in [-0.05, 0) is 30.2 Å². The number of hydrogen-bond donors (Lipinski definition) is 0. The molecule has 68 valence electrons. The normalized spacial score (nSPS) is 22.8. The van der Waals surface area contributed by atoms with Gasteiger partial charge in [-0.1, -0.05) is 25.3 Å². The van der Waals surface area contributed by atoms with Crippen molar-refractivity contribution in [2.45, 2.75) is 6.92 Å². The molecule has 0 aromatic carbocycles. The van der Waals surface area contributed by atoms with E-state index in [1.165, 1.54) is 0 Å². The van der Waals surface area contributed by atoms with Crippen molar-refractivity contribution < 1.29 is 4.21 Å². The van der Waals surface area contributed by atoms with Crippen LogP contribution >= 0.6 is 0 Å². The molecule has 0 aromatic heterocycles. The van der Waals surface area contributed by atoms with Gasteiger partial charge in [-0.15, -0.1) is 0 Å². The number of hydrogen-bond acceptors (Lipinski definition) is 1. The van der Waals surface area contributed by atoms with Crippen molar-refractivity contribution in [3.63, 3.8) is 0 Å². The summed E-state index contributed by atoms with van der Waals surface area (Å²) in [5.74, 6) is 0. The first kappa shape index (κ1) is 9.93. The molecule has 0 aromatic rings. The maximum Gasteiger partial charge on any atom is 0.0782 e. The second kappa shape index (κ2) is 4.19. The molecule has 1 aliphatic rings. The molecule has 0 radical (unpaired) electrons. The van der Waals surface area contributed by atoms with Crippen molar-refractivity contribution >= 4 is 10.8 Å². The Bertz CT molecular complexity index is 356. The Hall–Kier alpha value is -1.15. The highest BCUT2D eigenvalue weighted by Gasteiger charge is 2.12. The van der Waals surface area contributed by atoms with Gasteiger partial charge in [0.1, 0.15) is 0 Å². The van der Waals surface area contributed by atoms with Gasteiger partial charge in [-0.25, -0.2) is 4.21 Å². The summed E-state index contributed by atoms with van der Waals surface area (Å²) in [6, 6.07) is 0. The second-order valence-corrected chi connectivity index (χ2v) is 3.91. The maximum absolute atomic E-state index is 11.5. The second-order valence-electron chi connectivity index (χ2n) is 2.61. The molecule has 1 unspecified atom stereocenters. The summed E-state index contributed by atoms with van der Waals surface area (Å²) in [5, 5.41) is 1.64. The Morgan fingerprint density at radius 2 is 2.23 bits per heavy atom. The summed E-state index contributed by atoms with van der Waals surface area (Å²) < 4.78 is 11.5. The third-order valence-electron chi connectivity index (χ3n) is 1.74. The third-order valence-corrected chi connectivity index (χ3v) is 2.92. The fourth-order valence-electron chi connectivity index (χ4n) is 1.11. The molecular weight excluding hydrogens is 180 g/mol. The van der Waals surface area contributed by atoms with Crippen LogP contribution in [0, 0.1) is 0 Å². The van der Waals surface area contributed by atoms with Crippen LogP contribution in [0.25, 0.3) is 0 Å². The van der Waals surface area contributed by atoms with Gasteiger partial charge in [0.05, 0.1) is 15.7 Å². The van der Waals surface area contributed by atoms with Crippen LogP contribution in [-0.2, 0) is 10.8 Å². The van der Waals surface area contributed by atoms with Gasteiger partial charge in [-0.3, -0.25) is 0 Å². The molecule has 0 bridgehead atoms. The molecular formula is C11H12OS. The van der Waals surface area contributed by atoms with Crippen LogP contribution in [0.2, 0.25) is 0 Å². The summed E-state index contributed by atoms with van der Waals surface area (Å²) >= 11 is 0. The lowest BCUT2D eigenvalue weighted by atomic mass is 10.1. The average molecular weight is 192 g/mol. The van der Waals surface area contributed by atoms with E-state index < -0.39 is 10.8 Å². The lowest BCUT2D eigenvalue weighted by Gasteiger charge is -2.11. The van der Waals surface area contributed by atoms with Gasteiger partial charge < -0.3 is 0 Å². The van der Waals surface area contributed by atoms with Crippen molar-refractivity contribution in [2.75, 3.05) is 0 Å². The molecule has 0 amide bonds. The van der Waals surface area contributed by atoms with E-state index >= 15 is 0 Å². The van der Waals surface area contributed by atoms with Crippen LogP contribution < -0.4 is 0 Å². The predicted octanol–water partition coefficient (Wildman–Crippen LogP) is 2.83. The zero-order valence-electron chi connectivity index (χ0n) is 7.62. The van der Waals surface area contributed by atoms with Crippen molar-refractivity contribution in [1.82, 2.24) is 0 Å². The minimum absolute atomic E-state index is 0.782. The zero-order valence-corrected chi connectivity index (χ0v) is 8.43.